The second kappa shape index (κ2) is 13.4. The number of ether oxygens (including phenoxy) is 2. The molecule has 9 heteroatoms. The van der Waals surface area contributed by atoms with Crippen molar-refractivity contribution in [2.24, 2.45) is 61.2 Å². The van der Waals surface area contributed by atoms with Gasteiger partial charge < -0.3 is 9.84 Å². The first-order valence-corrected chi connectivity index (χ1v) is 22.6. The van der Waals surface area contributed by atoms with Crippen molar-refractivity contribution < 1.29 is 33.4 Å². The second-order valence-corrected chi connectivity index (χ2v) is 22.6. The van der Waals surface area contributed by atoms with Crippen LogP contribution in [-0.2, 0) is 23.9 Å². The number of carboxylic acid groups (broad SMARTS) is 1. The third kappa shape index (κ3) is 5.85. The van der Waals surface area contributed by atoms with Crippen molar-refractivity contribution in [2.75, 3.05) is 6.54 Å². The monoisotopic (exact) mass is 933 g/mol. The van der Waals surface area contributed by atoms with E-state index in [4.69, 9.17) is 14.5 Å². The fourth-order valence-electron chi connectivity index (χ4n) is 13.2. The van der Waals surface area contributed by atoms with E-state index in [9.17, 15) is 19.5 Å². The van der Waals surface area contributed by atoms with Crippen molar-refractivity contribution in [2.45, 2.75) is 133 Å². The van der Waals surface area contributed by atoms with Crippen molar-refractivity contribution in [3.8, 4) is 0 Å². The predicted octanol–water partition coefficient (Wildman–Crippen LogP) is 8.78. The Morgan fingerprint density at radius 1 is 1.02 bits per heavy atom. The summed E-state index contributed by atoms with van der Waals surface area (Å²) < 4.78 is 29.2. The average molecular weight is 933 g/mol. The molecule has 1 aromatic carbocycles. The van der Waals surface area contributed by atoms with E-state index >= 15 is 4.39 Å². The summed E-state index contributed by atoms with van der Waals surface area (Å²) >= 11 is 0.546. The number of fused-ring (bicyclic) bond motifs is 7. The van der Waals surface area contributed by atoms with Crippen LogP contribution < -0.4 is 3.12 Å². The number of esters is 1. The Kier molecular flexibility index (Phi) is 9.86. The Morgan fingerprint density at radius 3 is 2.41 bits per heavy atom. The maximum absolute atomic E-state index is 15.3. The zero-order valence-electron chi connectivity index (χ0n) is 33.9. The molecule has 6 aliphatic rings. The summed E-state index contributed by atoms with van der Waals surface area (Å²) in [6.07, 6.45) is 9.46. The molecule has 0 bridgehead atoms. The van der Waals surface area contributed by atoms with E-state index in [0.29, 0.717) is 67.8 Å². The molecule has 4 fully saturated rings. The summed E-state index contributed by atoms with van der Waals surface area (Å²) in [7, 11) is 0. The molecule has 1 aromatic rings. The van der Waals surface area contributed by atoms with Gasteiger partial charge in [0, 0.05) is 5.41 Å². The van der Waals surface area contributed by atoms with Crippen molar-refractivity contribution in [1.29, 1.82) is 0 Å². The predicted molar refractivity (Wildman–Crippen MR) is 208 cm³/mol. The minimum absolute atomic E-state index is 0.0223. The summed E-state index contributed by atoms with van der Waals surface area (Å²) in [6.45, 7) is 20.0. The van der Waals surface area contributed by atoms with E-state index in [-0.39, 0.29) is 57.6 Å². The number of hydrogen-bond donors (Lipinski definition) is 1. The molecular weight excluding hydrogens is 874 g/mol. The molecule has 0 spiro atoms. The number of allylic oxidation sites excluding steroid dienone is 1. The number of rotatable bonds is 7. The molecule has 1 heterocycles. The molecule has 7 nitrogen and oxygen atoms in total. The average Bonchev–Trinajstić information content (AvgIpc) is 3.39. The normalized spacial score (nSPS) is 37.3. The summed E-state index contributed by atoms with van der Waals surface area (Å²) in [5.74, 6) is 0.722. The molecule has 0 amide bonds. The summed E-state index contributed by atoms with van der Waals surface area (Å²) in [5.41, 5.74) is 0.656. The van der Waals surface area contributed by atoms with E-state index in [1.54, 1.807) is 19.9 Å². The van der Waals surface area contributed by atoms with Crippen LogP contribution in [0.3, 0.4) is 0 Å². The van der Waals surface area contributed by atoms with Gasteiger partial charge in [0.2, 0.25) is 0 Å². The van der Waals surface area contributed by atoms with Gasteiger partial charge in [-0.25, -0.2) is 0 Å². The number of halogens is 1. The molecule has 7 rings (SSSR count). The molecule has 4 saturated carbocycles. The number of aliphatic carboxylic acids is 1. The van der Waals surface area contributed by atoms with Crippen LogP contribution in [-0.4, -0.2) is 67.1 Å². The van der Waals surface area contributed by atoms with Crippen LogP contribution in [0.5, 0.6) is 0 Å². The van der Waals surface area contributed by atoms with Crippen LogP contribution in [0.2, 0.25) is 0 Å². The summed E-state index contributed by atoms with van der Waals surface area (Å²) in [4.78, 5) is 44.1. The van der Waals surface area contributed by atoms with Crippen molar-refractivity contribution in [1.82, 2.24) is 0 Å². The molecule has 0 saturated heterocycles. The van der Waals surface area contributed by atoms with Crippen LogP contribution in [0.4, 0.5) is 4.39 Å². The number of carbonyl (C=O) groups excluding carboxylic acids is 2. The number of carboxylic acids is 1. The number of Topliss-reactive ketones (excluding diaryl/α,β-unsaturated/α-hetero) is 1. The van der Waals surface area contributed by atoms with E-state index in [1.807, 2.05) is 18.2 Å². The van der Waals surface area contributed by atoms with Crippen LogP contribution in [0.25, 0.3) is 5.76 Å². The number of benzene rings is 1. The Morgan fingerprint density at radius 2 is 1.74 bits per heavy atom. The van der Waals surface area contributed by atoms with Crippen molar-refractivity contribution in [3.05, 3.63) is 46.8 Å². The Hall–Kier alpha value is -2.37. The minimum atomic E-state index is -1.17. The molecule has 8 atom stereocenters. The number of nitrogens with zero attached hydrogens (tertiary/aromatic N) is 1. The van der Waals surface area contributed by atoms with E-state index in [0.717, 1.165) is 60.1 Å². The summed E-state index contributed by atoms with van der Waals surface area (Å²) in [6, 6.07) is 5.41. The van der Waals surface area contributed by atoms with E-state index in [1.165, 1.54) is 5.57 Å². The molecule has 290 valence electrons. The Bertz CT molecular complexity index is 1880. The SMILES string of the molecule is CC(C)C1=C2[C@H]3CCC4[C@@]5(C)CCC(OC(=O)CC(C)(C)C(=O)O)C(C)(C)[C@@H]5CC[C@@]4(C)[C@]3(C)CC[C@@]2(C2=NCC=C(c3cc[c]([Tl])cc3F)O2)CC1=O. The molecule has 54 heavy (non-hydrogen) atoms. The van der Waals surface area contributed by atoms with E-state index < -0.39 is 22.8 Å². The quantitative estimate of drug-likeness (QED) is 0.217. The van der Waals surface area contributed by atoms with Gasteiger partial charge in [-0.15, -0.1) is 0 Å². The first-order chi connectivity index (χ1) is 25.1. The number of ketones is 1. The van der Waals surface area contributed by atoms with Gasteiger partial charge in [-0.1, -0.05) is 27.7 Å². The maximum atomic E-state index is 15.3. The van der Waals surface area contributed by atoms with Crippen LogP contribution >= 0.6 is 0 Å². The molecule has 0 aromatic heterocycles. The van der Waals surface area contributed by atoms with Crippen LogP contribution in [0.15, 0.2) is 40.4 Å². The zero-order chi connectivity index (χ0) is 39.4. The van der Waals surface area contributed by atoms with Gasteiger partial charge in [0.05, 0.1) is 11.8 Å². The topological polar surface area (TPSA) is 102 Å². The fraction of sp³-hybridized carbons (Fsp3) is 0.689. The van der Waals surface area contributed by atoms with Gasteiger partial charge in [-0.2, -0.15) is 0 Å². The van der Waals surface area contributed by atoms with Gasteiger partial charge in [0.15, 0.2) is 0 Å². The van der Waals surface area contributed by atoms with E-state index in [2.05, 4.69) is 48.5 Å². The number of carbonyl (C=O) groups is 3. The van der Waals surface area contributed by atoms with Gasteiger partial charge in [-0.3, -0.25) is 9.59 Å². The molecule has 1 N–H and O–H groups in total. The first-order valence-electron chi connectivity index (χ1n) is 20.3. The standard InChI is InChI=1S/C45H59FNO6.Tl/c1-26(2)36-30(48)24-45(38-47-23-18-31(52-38)27-12-10-11-13-29(27)46)22-21-43(8)28(37(36)45)14-15-33-42(7)19-17-34(53-35(49)25-40(3,4)39(50)51)41(5,6)32(42)16-20-44(33,43)9;/h10,12-13,18,26,28,32-34H,14-17,19-25H2,1-9H3,(H,50,51);/t28-,32+,33?,34?,42+,43-,44-,45-;/m1./s1. The van der Waals surface area contributed by atoms with Gasteiger partial charge >= 0.3 is 211 Å². The Balaban J connectivity index is 1.19. The third-order valence-corrected chi connectivity index (χ3v) is 17.6. The van der Waals surface area contributed by atoms with Crippen molar-refractivity contribution in [3.63, 3.8) is 0 Å². The molecule has 5 aliphatic carbocycles. The molecular formula is C45H59FNO6Tl. The zero-order valence-corrected chi connectivity index (χ0v) is 38.4. The number of aliphatic imine (C=N–C) groups is 1. The van der Waals surface area contributed by atoms with Crippen LogP contribution in [0, 0.1) is 62.0 Å². The first kappa shape index (κ1) is 39.9. The summed E-state index contributed by atoms with van der Waals surface area (Å²) in [5, 5.41) is 9.63. The third-order valence-electron chi connectivity index (χ3n) is 16.2. The van der Waals surface area contributed by atoms with Crippen molar-refractivity contribution >= 4 is 58.3 Å². The van der Waals surface area contributed by atoms with Gasteiger partial charge in [0.25, 0.3) is 0 Å². The number of hydrogen-bond acceptors (Lipinski definition) is 6. The fourth-order valence-corrected chi connectivity index (χ4v) is 14.2. The molecule has 2 unspecified atom stereocenters. The van der Waals surface area contributed by atoms with Crippen LogP contribution in [0.1, 0.15) is 132 Å². The molecule has 1 aliphatic heterocycles. The second-order valence-electron chi connectivity index (χ2n) is 20.0. The Labute approximate surface area is 337 Å². The van der Waals surface area contributed by atoms with Gasteiger partial charge in [0.1, 0.15) is 6.10 Å². The molecule has 0 radical (unpaired) electrons. The van der Waals surface area contributed by atoms with Gasteiger partial charge in [-0.05, 0) is 56.8 Å².